The zero-order valence-corrected chi connectivity index (χ0v) is 27.2. The van der Waals surface area contributed by atoms with Gasteiger partial charge < -0.3 is 14.6 Å². The van der Waals surface area contributed by atoms with Crippen LogP contribution in [0.4, 0.5) is 10.1 Å². The van der Waals surface area contributed by atoms with Gasteiger partial charge in [-0.2, -0.15) is 5.01 Å². The van der Waals surface area contributed by atoms with E-state index in [1.807, 2.05) is 6.08 Å². The number of amides is 4. The predicted molar refractivity (Wildman–Crippen MR) is 173 cm³/mol. The van der Waals surface area contributed by atoms with Crippen LogP contribution in [0.5, 0.6) is 17.2 Å². The highest BCUT2D eigenvalue weighted by Gasteiger charge is 2.71. The minimum absolute atomic E-state index is 0.0948. The normalized spacial score (nSPS) is 27.8. The van der Waals surface area contributed by atoms with Gasteiger partial charge in [0.05, 0.1) is 43.1 Å². The molecule has 1 saturated carbocycles. The van der Waals surface area contributed by atoms with Crippen LogP contribution in [-0.2, 0) is 24.6 Å². The van der Waals surface area contributed by atoms with Crippen LogP contribution in [0.1, 0.15) is 36.8 Å². The molecule has 0 spiro atoms. The maximum absolute atomic E-state index is 15.2. The quantitative estimate of drug-likeness (QED) is 0.259. The first-order valence-electron chi connectivity index (χ1n) is 15.7. The van der Waals surface area contributed by atoms with Crippen molar-refractivity contribution < 1.29 is 38.1 Å². The summed E-state index contributed by atoms with van der Waals surface area (Å²) >= 11 is 6.34. The van der Waals surface area contributed by atoms with Gasteiger partial charge in [0.2, 0.25) is 11.8 Å². The minimum Gasteiger partial charge on any atom is -0.508 e. The van der Waals surface area contributed by atoms with E-state index >= 15 is 4.79 Å². The Morgan fingerprint density at radius 1 is 0.938 bits per heavy atom. The Kier molecular flexibility index (Phi) is 7.70. The number of ether oxygens (including phenoxy) is 2. The van der Waals surface area contributed by atoms with E-state index in [0.717, 1.165) is 5.01 Å². The SMILES string of the molecule is CCN1C(=O)C2CC=C3C(CC4C(=O)N(Nc5ccc(F)cc5)C(=O)C4(c4ccc(Cl)cc4)C3c3c(OC)cc(O)cc3OC)C2C1=O. The monoisotopic (exact) mass is 673 g/mol. The minimum atomic E-state index is -1.63. The Bertz CT molecular complexity index is 1860. The van der Waals surface area contributed by atoms with Crippen molar-refractivity contribution in [2.45, 2.75) is 31.1 Å². The number of anilines is 1. The summed E-state index contributed by atoms with van der Waals surface area (Å²) < 4.78 is 25.5. The Morgan fingerprint density at radius 2 is 1.58 bits per heavy atom. The van der Waals surface area contributed by atoms with Crippen molar-refractivity contribution in [2.75, 3.05) is 26.2 Å². The molecule has 10 nitrogen and oxygen atoms in total. The van der Waals surface area contributed by atoms with Crippen molar-refractivity contribution in [3.05, 3.63) is 94.3 Å². The first-order valence-corrected chi connectivity index (χ1v) is 16.1. The summed E-state index contributed by atoms with van der Waals surface area (Å²) in [6.07, 6.45) is 2.28. The molecule has 0 bridgehead atoms. The standard InChI is InChI=1S/C36H33ClFN3O7/c1-4-40-32(43)24-14-13-23-25(29(24)34(40)45)17-26-33(44)41(39-21-11-9-20(38)10-12-21)35(46)36(26,18-5-7-19(37)8-6-18)31(23)30-27(47-2)15-22(42)16-28(30)48-3/h5-13,15-16,24-26,29,31,39,42H,4,14,17H2,1-3H3. The van der Waals surface area contributed by atoms with Gasteiger partial charge in [0, 0.05) is 35.2 Å². The highest BCUT2D eigenvalue weighted by atomic mass is 35.5. The number of likely N-dealkylation sites (tertiary alicyclic amines) is 1. The smallest absolute Gasteiger partial charge is 0.260 e. The Morgan fingerprint density at radius 3 is 2.19 bits per heavy atom. The molecule has 3 fully saturated rings. The van der Waals surface area contributed by atoms with E-state index < -0.39 is 52.6 Å². The molecule has 6 unspecified atom stereocenters. The zero-order chi connectivity index (χ0) is 34.1. The number of hydrogen-bond acceptors (Lipinski definition) is 8. The molecule has 4 aliphatic rings. The number of fused-ring (bicyclic) bond motifs is 4. The van der Waals surface area contributed by atoms with Gasteiger partial charge in [-0.3, -0.25) is 29.5 Å². The highest BCUT2D eigenvalue weighted by Crippen LogP contribution is 2.66. The molecular weight excluding hydrogens is 641 g/mol. The van der Waals surface area contributed by atoms with E-state index in [4.69, 9.17) is 21.1 Å². The lowest BCUT2D eigenvalue weighted by atomic mass is 9.49. The molecule has 7 rings (SSSR count). The summed E-state index contributed by atoms with van der Waals surface area (Å²) in [7, 11) is 2.86. The van der Waals surface area contributed by atoms with Crippen LogP contribution in [0.25, 0.3) is 0 Å². The number of benzene rings is 3. The molecule has 0 aromatic heterocycles. The van der Waals surface area contributed by atoms with Crippen molar-refractivity contribution >= 4 is 40.9 Å². The van der Waals surface area contributed by atoms with Crippen molar-refractivity contribution in [2.24, 2.45) is 23.7 Å². The van der Waals surface area contributed by atoms with Crippen LogP contribution in [0.2, 0.25) is 5.02 Å². The van der Waals surface area contributed by atoms with Crippen LogP contribution in [-0.4, -0.2) is 59.4 Å². The number of methoxy groups -OCH3 is 2. The van der Waals surface area contributed by atoms with Crippen LogP contribution in [0, 0.1) is 29.5 Å². The molecule has 12 heteroatoms. The van der Waals surface area contributed by atoms with Gasteiger partial charge in [-0.1, -0.05) is 35.4 Å². The number of allylic oxidation sites excluding steroid dienone is 2. The summed E-state index contributed by atoms with van der Waals surface area (Å²) in [6, 6.07) is 14.8. The zero-order valence-electron chi connectivity index (χ0n) is 26.4. The molecule has 0 radical (unpaired) electrons. The molecule has 6 atom stereocenters. The van der Waals surface area contributed by atoms with Gasteiger partial charge in [-0.25, -0.2) is 4.39 Å². The molecule has 48 heavy (non-hydrogen) atoms. The number of aromatic hydroxyl groups is 1. The van der Waals surface area contributed by atoms with Gasteiger partial charge in [0.1, 0.15) is 23.1 Å². The Hall–Kier alpha value is -4.90. The van der Waals surface area contributed by atoms with Crippen LogP contribution >= 0.6 is 11.6 Å². The summed E-state index contributed by atoms with van der Waals surface area (Å²) in [6.45, 7) is 1.97. The van der Waals surface area contributed by atoms with Gasteiger partial charge in [-0.15, -0.1) is 0 Å². The fourth-order valence-corrected chi connectivity index (χ4v) is 8.68. The van der Waals surface area contributed by atoms with Crippen LogP contribution in [0.3, 0.4) is 0 Å². The average Bonchev–Trinajstić information content (AvgIpc) is 3.46. The number of hydrazine groups is 1. The number of imide groups is 2. The second kappa shape index (κ2) is 11.7. The first kappa shape index (κ1) is 31.7. The fourth-order valence-electron chi connectivity index (χ4n) is 8.56. The lowest BCUT2D eigenvalue weighted by molar-refractivity contribution is -0.141. The molecule has 2 aliphatic carbocycles. The highest BCUT2D eigenvalue weighted by molar-refractivity contribution is 6.30. The van der Waals surface area contributed by atoms with Gasteiger partial charge in [0.15, 0.2) is 0 Å². The van der Waals surface area contributed by atoms with Crippen LogP contribution < -0.4 is 14.9 Å². The lowest BCUT2D eigenvalue weighted by Gasteiger charge is -2.51. The molecular formula is C36H33ClFN3O7. The Labute approximate surface area is 281 Å². The third-order valence-electron chi connectivity index (χ3n) is 10.5. The topological polar surface area (TPSA) is 125 Å². The molecule has 3 aromatic rings. The number of nitrogens with one attached hydrogen (secondary N) is 1. The summed E-state index contributed by atoms with van der Waals surface area (Å²) in [5, 5.41) is 12.0. The van der Waals surface area contributed by atoms with E-state index in [1.54, 1.807) is 31.2 Å². The fraction of sp³-hybridized carbons (Fsp3) is 0.333. The maximum atomic E-state index is 15.2. The number of carbonyl (C=O) groups excluding carboxylic acids is 4. The molecule has 2 N–H and O–H groups in total. The number of rotatable bonds is 7. The van der Waals surface area contributed by atoms with E-state index in [9.17, 15) is 23.9 Å². The van der Waals surface area contributed by atoms with Gasteiger partial charge in [0.25, 0.3) is 11.8 Å². The van der Waals surface area contributed by atoms with E-state index in [0.29, 0.717) is 27.4 Å². The van der Waals surface area contributed by atoms with Crippen molar-refractivity contribution in [3.8, 4) is 17.2 Å². The average molecular weight is 674 g/mol. The van der Waals surface area contributed by atoms with Crippen molar-refractivity contribution in [3.63, 3.8) is 0 Å². The van der Waals surface area contributed by atoms with E-state index in [1.165, 1.54) is 55.5 Å². The number of phenols is 1. The number of carbonyl (C=O) groups is 4. The van der Waals surface area contributed by atoms with E-state index in [-0.39, 0.29) is 48.4 Å². The second-order valence-corrected chi connectivity index (χ2v) is 13.0. The van der Waals surface area contributed by atoms with Crippen LogP contribution in [0.15, 0.2) is 72.3 Å². The molecule has 3 aromatic carbocycles. The molecule has 2 saturated heterocycles. The lowest BCUT2D eigenvalue weighted by Crippen LogP contribution is -2.53. The largest absolute Gasteiger partial charge is 0.508 e. The Balaban J connectivity index is 1.52. The number of phenolic OH excluding ortho intramolecular Hbond substituents is 1. The van der Waals surface area contributed by atoms with Crippen molar-refractivity contribution in [1.29, 1.82) is 0 Å². The molecule has 2 heterocycles. The summed E-state index contributed by atoms with van der Waals surface area (Å²) in [4.78, 5) is 58.5. The summed E-state index contributed by atoms with van der Waals surface area (Å²) in [5.41, 5.74) is 3.20. The molecule has 2 aliphatic heterocycles. The predicted octanol–water partition coefficient (Wildman–Crippen LogP) is 5.21. The maximum Gasteiger partial charge on any atom is 0.260 e. The van der Waals surface area contributed by atoms with E-state index in [2.05, 4.69) is 5.43 Å². The molecule has 248 valence electrons. The van der Waals surface area contributed by atoms with Gasteiger partial charge >= 0.3 is 0 Å². The third-order valence-corrected chi connectivity index (χ3v) is 10.7. The van der Waals surface area contributed by atoms with Gasteiger partial charge in [-0.05, 0) is 67.6 Å². The van der Waals surface area contributed by atoms with Crippen molar-refractivity contribution in [1.82, 2.24) is 9.91 Å². The number of hydrogen-bond donors (Lipinski definition) is 2. The third kappa shape index (κ3) is 4.43. The number of nitrogens with zero attached hydrogens (tertiary/aromatic N) is 2. The molecule has 4 amide bonds. The second-order valence-electron chi connectivity index (χ2n) is 12.6. The first-order chi connectivity index (χ1) is 23.1. The summed E-state index contributed by atoms with van der Waals surface area (Å²) in [5.74, 6) is -5.80. The number of halogens is 2.